The molecule has 2 atom stereocenters. The molecule has 1 amide bonds. The van der Waals surface area contributed by atoms with Gasteiger partial charge in [-0.25, -0.2) is 8.42 Å². The van der Waals surface area contributed by atoms with Gasteiger partial charge in [0.2, 0.25) is 10.0 Å². The predicted molar refractivity (Wildman–Crippen MR) is 110 cm³/mol. The van der Waals surface area contributed by atoms with Crippen molar-refractivity contribution < 1.29 is 17.9 Å². The summed E-state index contributed by atoms with van der Waals surface area (Å²) in [5.41, 5.74) is 3.60. The standard InChI is InChI=1S/C21H26N2O4S/c1-5-16-7-9-17(10-8-16)15(3)22-21(24)20-13-23(28(4,25)26)18-11-6-14(2)12-19(18)27-20/h6-12,15,20H,5,13H2,1-4H3,(H,22,24)/t15-,20+/m0/s1. The molecule has 1 N–H and O–H groups in total. The molecule has 2 aromatic carbocycles. The number of hydrogen-bond donors (Lipinski definition) is 1. The van der Waals surface area contributed by atoms with E-state index in [2.05, 4.69) is 12.2 Å². The summed E-state index contributed by atoms with van der Waals surface area (Å²) in [5.74, 6) is 0.0599. The Morgan fingerprint density at radius 1 is 1.25 bits per heavy atom. The molecule has 0 saturated heterocycles. The van der Waals surface area contributed by atoms with Crippen molar-refractivity contribution in [3.63, 3.8) is 0 Å². The average molecular weight is 403 g/mol. The normalized spacial score (nSPS) is 17.4. The van der Waals surface area contributed by atoms with E-state index in [0.29, 0.717) is 11.4 Å². The van der Waals surface area contributed by atoms with E-state index in [4.69, 9.17) is 4.74 Å². The molecule has 1 aliphatic rings. The van der Waals surface area contributed by atoms with Gasteiger partial charge in [0.15, 0.2) is 6.10 Å². The van der Waals surface area contributed by atoms with Crippen LogP contribution in [-0.2, 0) is 21.2 Å². The van der Waals surface area contributed by atoms with E-state index in [1.165, 1.54) is 9.87 Å². The van der Waals surface area contributed by atoms with Crippen LogP contribution in [0.25, 0.3) is 0 Å². The van der Waals surface area contributed by atoms with Crippen molar-refractivity contribution in [2.45, 2.75) is 39.3 Å². The Labute approximate surface area is 166 Å². The van der Waals surface area contributed by atoms with Crippen molar-refractivity contribution in [2.24, 2.45) is 0 Å². The molecule has 0 radical (unpaired) electrons. The van der Waals surface area contributed by atoms with E-state index in [1.807, 2.05) is 44.2 Å². The summed E-state index contributed by atoms with van der Waals surface area (Å²) in [6.45, 7) is 5.82. The van der Waals surface area contributed by atoms with Gasteiger partial charge in [-0.3, -0.25) is 9.10 Å². The molecule has 6 nitrogen and oxygen atoms in total. The van der Waals surface area contributed by atoms with Crippen LogP contribution in [0.3, 0.4) is 0 Å². The minimum absolute atomic E-state index is 0.0534. The Morgan fingerprint density at radius 3 is 2.54 bits per heavy atom. The number of anilines is 1. The minimum Gasteiger partial charge on any atom is -0.476 e. The van der Waals surface area contributed by atoms with Gasteiger partial charge in [0.05, 0.1) is 24.5 Å². The number of nitrogens with one attached hydrogen (secondary N) is 1. The van der Waals surface area contributed by atoms with Crippen LogP contribution in [0, 0.1) is 6.92 Å². The number of amides is 1. The van der Waals surface area contributed by atoms with Crippen LogP contribution in [-0.4, -0.2) is 33.2 Å². The van der Waals surface area contributed by atoms with Crippen molar-refractivity contribution in [3.05, 3.63) is 59.2 Å². The lowest BCUT2D eigenvalue weighted by Gasteiger charge is -2.34. The third-order valence-corrected chi connectivity index (χ3v) is 6.07. The van der Waals surface area contributed by atoms with Crippen molar-refractivity contribution in [2.75, 3.05) is 17.1 Å². The molecular formula is C21H26N2O4S. The van der Waals surface area contributed by atoms with Crippen LogP contribution in [0.2, 0.25) is 0 Å². The number of rotatable bonds is 5. The molecular weight excluding hydrogens is 376 g/mol. The summed E-state index contributed by atoms with van der Waals surface area (Å²) >= 11 is 0. The molecule has 28 heavy (non-hydrogen) atoms. The fourth-order valence-electron chi connectivity index (χ4n) is 3.24. The summed E-state index contributed by atoms with van der Waals surface area (Å²) in [6, 6.07) is 13.1. The van der Waals surface area contributed by atoms with Crippen LogP contribution < -0.4 is 14.4 Å². The highest BCUT2D eigenvalue weighted by atomic mass is 32.2. The molecule has 0 unspecified atom stereocenters. The monoisotopic (exact) mass is 402 g/mol. The largest absolute Gasteiger partial charge is 0.476 e. The van der Waals surface area contributed by atoms with E-state index in [-0.39, 0.29) is 18.5 Å². The molecule has 0 fully saturated rings. The van der Waals surface area contributed by atoms with Gasteiger partial charge in [0, 0.05) is 0 Å². The second-order valence-corrected chi connectivity index (χ2v) is 9.10. The molecule has 0 aromatic heterocycles. The van der Waals surface area contributed by atoms with E-state index in [9.17, 15) is 13.2 Å². The molecule has 2 aromatic rings. The molecule has 3 rings (SSSR count). The Kier molecular flexibility index (Phi) is 5.65. The topological polar surface area (TPSA) is 75.7 Å². The smallest absolute Gasteiger partial charge is 0.263 e. The lowest BCUT2D eigenvalue weighted by molar-refractivity contribution is -0.128. The molecule has 0 saturated carbocycles. The highest BCUT2D eigenvalue weighted by Crippen LogP contribution is 2.35. The average Bonchev–Trinajstić information content (AvgIpc) is 2.66. The number of sulfonamides is 1. The Morgan fingerprint density at radius 2 is 1.93 bits per heavy atom. The molecule has 0 bridgehead atoms. The van der Waals surface area contributed by atoms with Gasteiger partial charge in [-0.15, -0.1) is 0 Å². The lowest BCUT2D eigenvalue weighted by Crippen LogP contribution is -2.50. The summed E-state index contributed by atoms with van der Waals surface area (Å²) in [5, 5.41) is 2.94. The fraction of sp³-hybridized carbons (Fsp3) is 0.381. The van der Waals surface area contributed by atoms with E-state index < -0.39 is 16.1 Å². The van der Waals surface area contributed by atoms with Crippen molar-refractivity contribution >= 4 is 21.6 Å². The number of benzene rings is 2. The fourth-order valence-corrected chi connectivity index (χ4v) is 4.16. The van der Waals surface area contributed by atoms with E-state index in [0.717, 1.165) is 23.8 Å². The number of fused-ring (bicyclic) bond motifs is 1. The van der Waals surface area contributed by atoms with Gasteiger partial charge >= 0.3 is 0 Å². The van der Waals surface area contributed by atoms with Crippen LogP contribution >= 0.6 is 0 Å². The third-order valence-electron chi connectivity index (χ3n) is 4.92. The SMILES string of the molecule is CCc1ccc([C@H](C)NC(=O)[C@H]2CN(S(C)(=O)=O)c3ccc(C)cc3O2)cc1. The lowest BCUT2D eigenvalue weighted by atomic mass is 10.0. The van der Waals surface area contributed by atoms with E-state index in [1.54, 1.807) is 12.1 Å². The maximum Gasteiger partial charge on any atom is 0.263 e. The third kappa shape index (κ3) is 4.30. The Bertz CT molecular complexity index is 970. The zero-order chi connectivity index (χ0) is 20.5. The first-order valence-corrected chi connectivity index (χ1v) is 11.2. The minimum atomic E-state index is -3.53. The highest BCUT2D eigenvalue weighted by molar-refractivity contribution is 7.92. The maximum absolute atomic E-state index is 12.8. The molecule has 0 spiro atoms. The second-order valence-electron chi connectivity index (χ2n) is 7.20. The Balaban J connectivity index is 1.79. The molecule has 7 heteroatoms. The molecule has 150 valence electrons. The quantitative estimate of drug-likeness (QED) is 0.834. The van der Waals surface area contributed by atoms with Gasteiger partial charge in [0.1, 0.15) is 5.75 Å². The number of ether oxygens (including phenoxy) is 1. The van der Waals surface area contributed by atoms with E-state index >= 15 is 0 Å². The summed E-state index contributed by atoms with van der Waals surface area (Å²) in [4.78, 5) is 12.8. The number of carbonyl (C=O) groups excluding carboxylic acids is 1. The predicted octanol–water partition coefficient (Wildman–Crippen LogP) is 2.96. The second kappa shape index (κ2) is 7.83. The van der Waals surface area contributed by atoms with Gasteiger partial charge < -0.3 is 10.1 Å². The van der Waals surface area contributed by atoms with Crippen LogP contribution in [0.5, 0.6) is 5.75 Å². The number of carbonyl (C=O) groups is 1. The van der Waals surface area contributed by atoms with Crippen molar-refractivity contribution in [3.8, 4) is 5.75 Å². The zero-order valence-electron chi connectivity index (χ0n) is 16.6. The first kappa shape index (κ1) is 20.2. The Hall–Kier alpha value is -2.54. The first-order valence-electron chi connectivity index (χ1n) is 9.33. The first-order chi connectivity index (χ1) is 13.2. The molecule has 0 aliphatic carbocycles. The summed E-state index contributed by atoms with van der Waals surface area (Å²) in [7, 11) is -3.53. The summed E-state index contributed by atoms with van der Waals surface area (Å²) < 4.78 is 31.6. The molecule has 1 heterocycles. The molecule has 1 aliphatic heterocycles. The zero-order valence-corrected chi connectivity index (χ0v) is 17.4. The number of aryl methyl sites for hydroxylation is 2. The highest BCUT2D eigenvalue weighted by Gasteiger charge is 2.35. The van der Waals surface area contributed by atoms with Crippen LogP contribution in [0.4, 0.5) is 5.69 Å². The van der Waals surface area contributed by atoms with Gasteiger partial charge in [-0.2, -0.15) is 0 Å². The number of hydrogen-bond acceptors (Lipinski definition) is 4. The number of nitrogens with zero attached hydrogens (tertiary/aromatic N) is 1. The van der Waals surface area contributed by atoms with Crippen LogP contribution in [0.1, 0.15) is 36.6 Å². The summed E-state index contributed by atoms with van der Waals surface area (Å²) in [6.07, 6.45) is 1.17. The van der Waals surface area contributed by atoms with Gasteiger partial charge in [-0.1, -0.05) is 37.3 Å². The van der Waals surface area contributed by atoms with Gasteiger partial charge in [0.25, 0.3) is 5.91 Å². The van der Waals surface area contributed by atoms with Crippen molar-refractivity contribution in [1.82, 2.24) is 5.32 Å². The maximum atomic E-state index is 12.8. The van der Waals surface area contributed by atoms with Crippen LogP contribution in [0.15, 0.2) is 42.5 Å². The van der Waals surface area contributed by atoms with Gasteiger partial charge in [-0.05, 0) is 49.1 Å². The van der Waals surface area contributed by atoms with Crippen molar-refractivity contribution in [1.29, 1.82) is 0 Å².